The second kappa shape index (κ2) is 4.91. The van der Waals surface area contributed by atoms with Gasteiger partial charge in [0, 0.05) is 10.4 Å². The van der Waals surface area contributed by atoms with Gasteiger partial charge in [-0.1, -0.05) is 0 Å². The van der Waals surface area contributed by atoms with Crippen molar-refractivity contribution in [3.8, 4) is 0 Å². The monoisotopic (exact) mass is 280 g/mol. The van der Waals surface area contributed by atoms with Gasteiger partial charge in [-0.15, -0.1) is 11.3 Å². The van der Waals surface area contributed by atoms with Crippen molar-refractivity contribution in [1.29, 1.82) is 0 Å². The lowest BCUT2D eigenvalue weighted by Crippen LogP contribution is -2.56. The van der Waals surface area contributed by atoms with Crippen molar-refractivity contribution < 1.29 is 4.79 Å². The molecule has 0 radical (unpaired) electrons. The van der Waals surface area contributed by atoms with E-state index in [4.69, 9.17) is 5.73 Å². The standard InChI is InChI=1S/C15H24N2OS/c1-14(2,15(3,4)16)13(18)17-11-6-5-7-12-10(11)8-9-19-12/h8-9,11H,5-7,16H2,1-4H3,(H,17,18). The Morgan fingerprint density at radius 2 is 2.11 bits per heavy atom. The van der Waals surface area contributed by atoms with Gasteiger partial charge in [-0.25, -0.2) is 0 Å². The van der Waals surface area contributed by atoms with Gasteiger partial charge in [0.15, 0.2) is 0 Å². The first-order chi connectivity index (χ1) is 8.73. The Labute approximate surface area is 119 Å². The largest absolute Gasteiger partial charge is 0.349 e. The van der Waals surface area contributed by atoms with Crippen molar-refractivity contribution in [1.82, 2.24) is 5.32 Å². The normalized spacial score (nSPS) is 19.9. The highest BCUT2D eigenvalue weighted by molar-refractivity contribution is 7.10. The van der Waals surface area contributed by atoms with Crippen LogP contribution in [0, 0.1) is 5.41 Å². The molecule has 1 aromatic heterocycles. The summed E-state index contributed by atoms with van der Waals surface area (Å²) >= 11 is 1.79. The van der Waals surface area contributed by atoms with Crippen LogP contribution in [0.2, 0.25) is 0 Å². The number of nitrogens with one attached hydrogen (secondary N) is 1. The smallest absolute Gasteiger partial charge is 0.227 e. The maximum Gasteiger partial charge on any atom is 0.227 e. The van der Waals surface area contributed by atoms with Gasteiger partial charge in [0.05, 0.1) is 11.5 Å². The first kappa shape index (κ1) is 14.5. The molecular formula is C15H24N2OS. The molecule has 0 saturated heterocycles. The van der Waals surface area contributed by atoms with E-state index in [0.29, 0.717) is 0 Å². The van der Waals surface area contributed by atoms with E-state index < -0.39 is 11.0 Å². The van der Waals surface area contributed by atoms with Gasteiger partial charge < -0.3 is 11.1 Å². The summed E-state index contributed by atoms with van der Waals surface area (Å²) in [7, 11) is 0. The fraction of sp³-hybridized carbons (Fsp3) is 0.667. The van der Waals surface area contributed by atoms with Crippen LogP contribution in [0.1, 0.15) is 57.0 Å². The maximum absolute atomic E-state index is 12.5. The molecule has 0 spiro atoms. The highest BCUT2D eigenvalue weighted by Gasteiger charge is 2.41. The fourth-order valence-corrected chi connectivity index (χ4v) is 3.26. The lowest BCUT2D eigenvalue weighted by molar-refractivity contribution is -0.133. The van der Waals surface area contributed by atoms with E-state index in [1.165, 1.54) is 10.4 Å². The van der Waals surface area contributed by atoms with Crippen molar-refractivity contribution in [3.63, 3.8) is 0 Å². The van der Waals surface area contributed by atoms with Crippen LogP contribution >= 0.6 is 11.3 Å². The Bertz CT molecular complexity index is 471. The number of carbonyl (C=O) groups is 1. The summed E-state index contributed by atoms with van der Waals surface area (Å²) in [5.74, 6) is 0.0454. The van der Waals surface area contributed by atoms with Crippen LogP contribution in [-0.2, 0) is 11.2 Å². The molecule has 0 aromatic carbocycles. The summed E-state index contributed by atoms with van der Waals surface area (Å²) in [6.07, 6.45) is 3.31. The fourth-order valence-electron chi connectivity index (χ4n) is 2.27. The van der Waals surface area contributed by atoms with Crippen LogP contribution in [0.3, 0.4) is 0 Å². The van der Waals surface area contributed by atoms with E-state index >= 15 is 0 Å². The number of nitrogens with two attached hydrogens (primary N) is 1. The molecule has 0 aliphatic heterocycles. The Hall–Kier alpha value is -0.870. The number of hydrogen-bond donors (Lipinski definition) is 2. The summed E-state index contributed by atoms with van der Waals surface area (Å²) in [4.78, 5) is 13.9. The van der Waals surface area contributed by atoms with Gasteiger partial charge in [-0.05, 0) is 64.0 Å². The highest BCUT2D eigenvalue weighted by Crippen LogP contribution is 2.35. The molecule has 1 atom stereocenters. The number of thiophene rings is 1. The molecule has 1 heterocycles. The van der Waals surface area contributed by atoms with Crippen molar-refractivity contribution in [2.75, 3.05) is 0 Å². The van der Waals surface area contributed by atoms with Crippen LogP contribution in [0.5, 0.6) is 0 Å². The highest BCUT2D eigenvalue weighted by atomic mass is 32.1. The second-order valence-corrected chi connectivity index (χ2v) is 7.56. The molecule has 1 unspecified atom stereocenters. The molecule has 106 valence electrons. The van der Waals surface area contributed by atoms with Gasteiger partial charge in [0.1, 0.15) is 0 Å². The van der Waals surface area contributed by atoms with E-state index in [1.807, 2.05) is 27.7 Å². The van der Waals surface area contributed by atoms with Crippen LogP contribution < -0.4 is 11.1 Å². The lowest BCUT2D eigenvalue weighted by atomic mass is 9.74. The molecule has 0 fully saturated rings. The Morgan fingerprint density at radius 3 is 2.74 bits per heavy atom. The summed E-state index contributed by atoms with van der Waals surface area (Å²) in [5.41, 5.74) is 6.32. The Morgan fingerprint density at radius 1 is 1.42 bits per heavy atom. The zero-order chi connectivity index (χ0) is 14.3. The van der Waals surface area contributed by atoms with Crippen LogP contribution in [-0.4, -0.2) is 11.4 Å². The minimum Gasteiger partial charge on any atom is -0.349 e. The summed E-state index contributed by atoms with van der Waals surface area (Å²) in [6.45, 7) is 7.65. The van der Waals surface area contributed by atoms with Crippen molar-refractivity contribution in [3.05, 3.63) is 21.9 Å². The molecule has 1 aliphatic rings. The number of rotatable bonds is 3. The minimum atomic E-state index is -0.583. The van der Waals surface area contributed by atoms with Crippen LogP contribution in [0.4, 0.5) is 0 Å². The third-order valence-corrected chi connectivity index (χ3v) is 5.53. The number of hydrogen-bond acceptors (Lipinski definition) is 3. The number of fused-ring (bicyclic) bond motifs is 1. The van der Waals surface area contributed by atoms with Crippen molar-refractivity contribution in [2.24, 2.45) is 11.1 Å². The quantitative estimate of drug-likeness (QED) is 0.894. The zero-order valence-electron chi connectivity index (χ0n) is 12.2. The SMILES string of the molecule is CC(C)(N)C(C)(C)C(=O)NC1CCCc2sccc21. The maximum atomic E-state index is 12.5. The molecule has 4 heteroatoms. The Kier molecular flexibility index (Phi) is 3.76. The average Bonchev–Trinajstić information content (AvgIpc) is 2.76. The van der Waals surface area contributed by atoms with Gasteiger partial charge >= 0.3 is 0 Å². The van der Waals surface area contributed by atoms with Crippen molar-refractivity contribution >= 4 is 17.2 Å². The van der Waals surface area contributed by atoms with Gasteiger partial charge in [0.25, 0.3) is 0 Å². The first-order valence-corrected chi connectivity index (χ1v) is 7.77. The van der Waals surface area contributed by atoms with Gasteiger partial charge in [-0.2, -0.15) is 0 Å². The number of carbonyl (C=O) groups excluding carboxylic acids is 1. The molecule has 19 heavy (non-hydrogen) atoms. The third-order valence-electron chi connectivity index (χ3n) is 4.54. The molecule has 2 rings (SSSR count). The lowest BCUT2D eigenvalue weighted by Gasteiger charge is -2.38. The molecule has 0 saturated carbocycles. The average molecular weight is 280 g/mol. The molecule has 0 bridgehead atoms. The number of aryl methyl sites for hydroxylation is 1. The topological polar surface area (TPSA) is 55.1 Å². The minimum absolute atomic E-state index is 0.0454. The molecule has 3 N–H and O–H groups in total. The summed E-state index contributed by atoms with van der Waals surface area (Å²) < 4.78 is 0. The van der Waals surface area contributed by atoms with E-state index in [-0.39, 0.29) is 11.9 Å². The summed E-state index contributed by atoms with van der Waals surface area (Å²) in [6, 6.07) is 2.30. The molecule has 1 aliphatic carbocycles. The predicted octanol–water partition coefficient (Wildman–Crippen LogP) is 3.01. The molecule has 1 aromatic rings. The third kappa shape index (κ3) is 2.70. The van der Waals surface area contributed by atoms with E-state index in [0.717, 1.165) is 19.3 Å². The zero-order valence-corrected chi connectivity index (χ0v) is 13.1. The molecule has 1 amide bonds. The second-order valence-electron chi connectivity index (χ2n) is 6.56. The van der Waals surface area contributed by atoms with Crippen LogP contribution in [0.25, 0.3) is 0 Å². The van der Waals surface area contributed by atoms with Crippen molar-refractivity contribution in [2.45, 2.75) is 58.5 Å². The molecular weight excluding hydrogens is 256 g/mol. The molecule has 3 nitrogen and oxygen atoms in total. The number of amides is 1. The van der Waals surface area contributed by atoms with Gasteiger partial charge in [0.2, 0.25) is 5.91 Å². The van der Waals surface area contributed by atoms with Crippen LogP contribution in [0.15, 0.2) is 11.4 Å². The Balaban J connectivity index is 2.14. The van der Waals surface area contributed by atoms with E-state index in [2.05, 4.69) is 16.8 Å². The van der Waals surface area contributed by atoms with E-state index in [9.17, 15) is 4.79 Å². The predicted molar refractivity (Wildman–Crippen MR) is 80.2 cm³/mol. The van der Waals surface area contributed by atoms with Gasteiger partial charge in [-0.3, -0.25) is 4.79 Å². The first-order valence-electron chi connectivity index (χ1n) is 6.89. The summed E-state index contributed by atoms with van der Waals surface area (Å²) in [5, 5.41) is 5.31. The van der Waals surface area contributed by atoms with E-state index in [1.54, 1.807) is 11.3 Å².